The van der Waals surface area contributed by atoms with Gasteiger partial charge in [-0.2, -0.15) is 0 Å². The Morgan fingerprint density at radius 2 is 1.36 bits per heavy atom. The third-order valence-electron chi connectivity index (χ3n) is 4.11. The summed E-state index contributed by atoms with van der Waals surface area (Å²) in [6.07, 6.45) is 1.39. The predicted molar refractivity (Wildman–Crippen MR) is 97.9 cm³/mol. The molecule has 0 bridgehead atoms. The van der Waals surface area contributed by atoms with Crippen molar-refractivity contribution < 1.29 is 0 Å². The summed E-state index contributed by atoms with van der Waals surface area (Å²) < 4.78 is 3.27. The zero-order valence-electron chi connectivity index (χ0n) is 13.3. The van der Waals surface area contributed by atoms with E-state index in [0.717, 1.165) is 11.1 Å². The van der Waals surface area contributed by atoms with E-state index in [1.165, 1.54) is 6.33 Å². The van der Waals surface area contributed by atoms with Gasteiger partial charge in [-0.3, -0.25) is 9.13 Å². The van der Waals surface area contributed by atoms with Crippen molar-refractivity contribution in [3.05, 3.63) is 93.8 Å². The van der Waals surface area contributed by atoms with Gasteiger partial charge in [0.15, 0.2) is 10.8 Å². The summed E-state index contributed by atoms with van der Waals surface area (Å²) >= 11 is 6.29. The van der Waals surface area contributed by atoms with Crippen molar-refractivity contribution in [1.82, 2.24) is 19.1 Å². The highest BCUT2D eigenvalue weighted by Gasteiger charge is 2.18. The molecule has 0 atom stereocenters. The van der Waals surface area contributed by atoms with E-state index in [9.17, 15) is 4.79 Å². The molecule has 0 saturated heterocycles. The molecule has 0 aliphatic rings. The molecule has 2 aromatic heterocycles. The van der Waals surface area contributed by atoms with Crippen molar-refractivity contribution in [2.75, 3.05) is 0 Å². The zero-order valence-corrected chi connectivity index (χ0v) is 14.1. The summed E-state index contributed by atoms with van der Waals surface area (Å²) in [5.74, 6) is 0. The second-order valence-electron chi connectivity index (χ2n) is 5.76. The van der Waals surface area contributed by atoms with Crippen LogP contribution >= 0.6 is 11.6 Å². The molecule has 0 amide bonds. The monoisotopic (exact) mass is 350 g/mol. The van der Waals surface area contributed by atoms with Gasteiger partial charge in [0.05, 0.1) is 13.1 Å². The first-order valence-electron chi connectivity index (χ1n) is 7.91. The molecular weight excluding hydrogens is 336 g/mol. The Morgan fingerprint density at radius 3 is 1.96 bits per heavy atom. The number of nitrogens with zero attached hydrogens (tertiary/aromatic N) is 4. The lowest BCUT2D eigenvalue weighted by molar-refractivity contribution is 0.698. The normalized spacial score (nSPS) is 11.1. The van der Waals surface area contributed by atoms with E-state index in [2.05, 4.69) is 9.97 Å². The van der Waals surface area contributed by atoms with Crippen LogP contribution in [-0.2, 0) is 13.1 Å². The van der Waals surface area contributed by atoms with Gasteiger partial charge in [-0.1, -0.05) is 72.3 Å². The van der Waals surface area contributed by atoms with Gasteiger partial charge in [0.1, 0.15) is 11.8 Å². The third kappa shape index (κ3) is 2.94. The van der Waals surface area contributed by atoms with Crippen LogP contribution in [0.3, 0.4) is 0 Å². The molecule has 4 aromatic rings. The minimum absolute atomic E-state index is 0.148. The molecule has 0 spiro atoms. The maximum Gasteiger partial charge on any atom is 0.331 e. The van der Waals surface area contributed by atoms with E-state index < -0.39 is 0 Å². The Hall–Kier alpha value is -2.92. The minimum atomic E-state index is -0.148. The number of aromatic nitrogens is 4. The van der Waals surface area contributed by atoms with Crippen LogP contribution in [0.4, 0.5) is 0 Å². The molecule has 2 aromatic carbocycles. The second kappa shape index (κ2) is 6.53. The molecule has 0 radical (unpaired) electrons. The molecule has 4 rings (SSSR count). The fourth-order valence-corrected chi connectivity index (χ4v) is 3.16. The van der Waals surface area contributed by atoms with E-state index in [0.29, 0.717) is 24.3 Å². The molecule has 0 fully saturated rings. The molecule has 0 N–H and O–H groups in total. The quantitative estimate of drug-likeness (QED) is 0.530. The molecule has 25 heavy (non-hydrogen) atoms. The molecule has 2 heterocycles. The number of benzene rings is 2. The van der Waals surface area contributed by atoms with Crippen LogP contribution in [0, 0.1) is 0 Å². The smallest absolute Gasteiger partial charge is 0.283 e. The topological polar surface area (TPSA) is 52.7 Å². The lowest BCUT2D eigenvalue weighted by atomic mass is 10.2. The fraction of sp³-hybridized carbons (Fsp3) is 0.105. The van der Waals surface area contributed by atoms with Crippen LogP contribution in [0.15, 0.2) is 71.8 Å². The van der Waals surface area contributed by atoms with Gasteiger partial charge >= 0.3 is 5.69 Å². The number of imidazole rings is 1. The standard InChI is InChI=1S/C19H15ClN4O/c20-17-16-18(22-13-21-17)24(12-15-9-5-2-6-10-15)19(25)23(16)11-14-7-3-1-4-8-14/h1-10,13H,11-12H2. The number of hydrogen-bond donors (Lipinski definition) is 0. The summed E-state index contributed by atoms with van der Waals surface area (Å²) in [7, 11) is 0. The van der Waals surface area contributed by atoms with Crippen molar-refractivity contribution in [1.29, 1.82) is 0 Å². The van der Waals surface area contributed by atoms with Crippen LogP contribution < -0.4 is 5.69 Å². The first-order valence-corrected chi connectivity index (χ1v) is 8.29. The van der Waals surface area contributed by atoms with Crippen molar-refractivity contribution in [2.24, 2.45) is 0 Å². The molecular formula is C19H15ClN4O. The lowest BCUT2D eigenvalue weighted by Crippen LogP contribution is -2.25. The minimum Gasteiger partial charge on any atom is -0.283 e. The third-order valence-corrected chi connectivity index (χ3v) is 4.39. The molecule has 0 aliphatic heterocycles. The summed E-state index contributed by atoms with van der Waals surface area (Å²) in [6, 6.07) is 19.6. The van der Waals surface area contributed by atoms with Crippen molar-refractivity contribution >= 4 is 22.8 Å². The first kappa shape index (κ1) is 15.6. The fourth-order valence-electron chi connectivity index (χ4n) is 2.93. The molecule has 5 nitrogen and oxygen atoms in total. The summed E-state index contributed by atoms with van der Waals surface area (Å²) in [6.45, 7) is 0.858. The van der Waals surface area contributed by atoms with Crippen molar-refractivity contribution in [3.8, 4) is 0 Å². The van der Waals surface area contributed by atoms with E-state index in [-0.39, 0.29) is 10.8 Å². The zero-order chi connectivity index (χ0) is 17.2. The Labute approximate surface area is 149 Å². The molecule has 124 valence electrons. The van der Waals surface area contributed by atoms with Crippen LogP contribution in [0.5, 0.6) is 0 Å². The average molecular weight is 351 g/mol. The highest BCUT2D eigenvalue weighted by atomic mass is 35.5. The van der Waals surface area contributed by atoms with Gasteiger partial charge < -0.3 is 0 Å². The average Bonchev–Trinajstić information content (AvgIpc) is 2.90. The van der Waals surface area contributed by atoms with Gasteiger partial charge in [-0.05, 0) is 11.1 Å². The second-order valence-corrected chi connectivity index (χ2v) is 6.12. The maximum atomic E-state index is 13.0. The van der Waals surface area contributed by atoms with E-state index >= 15 is 0 Å². The predicted octanol–water partition coefficient (Wildman–Crippen LogP) is 3.34. The van der Waals surface area contributed by atoms with Crippen molar-refractivity contribution in [3.63, 3.8) is 0 Å². The number of rotatable bonds is 4. The van der Waals surface area contributed by atoms with Gasteiger partial charge in [0.25, 0.3) is 0 Å². The Bertz CT molecular complexity index is 1070. The highest BCUT2D eigenvalue weighted by molar-refractivity contribution is 6.33. The maximum absolute atomic E-state index is 13.0. The summed E-state index contributed by atoms with van der Waals surface area (Å²) in [5.41, 5.74) is 3.00. The summed E-state index contributed by atoms with van der Waals surface area (Å²) in [5, 5.41) is 0.282. The molecule has 0 aliphatic carbocycles. The number of halogens is 1. The largest absolute Gasteiger partial charge is 0.331 e. The van der Waals surface area contributed by atoms with Gasteiger partial charge in [-0.15, -0.1) is 0 Å². The van der Waals surface area contributed by atoms with Crippen LogP contribution in [0.1, 0.15) is 11.1 Å². The van der Waals surface area contributed by atoms with Gasteiger partial charge in [0.2, 0.25) is 0 Å². The number of hydrogen-bond acceptors (Lipinski definition) is 3. The first-order chi connectivity index (χ1) is 12.2. The highest BCUT2D eigenvalue weighted by Crippen LogP contribution is 2.20. The van der Waals surface area contributed by atoms with Crippen LogP contribution in [0.25, 0.3) is 11.2 Å². The lowest BCUT2D eigenvalue weighted by Gasteiger charge is -2.03. The molecule has 0 unspecified atom stereocenters. The Morgan fingerprint density at radius 1 is 0.800 bits per heavy atom. The van der Waals surface area contributed by atoms with E-state index in [4.69, 9.17) is 11.6 Å². The van der Waals surface area contributed by atoms with Crippen molar-refractivity contribution in [2.45, 2.75) is 13.1 Å². The Kier molecular flexibility index (Phi) is 4.07. The molecule has 0 saturated carbocycles. The summed E-state index contributed by atoms with van der Waals surface area (Å²) in [4.78, 5) is 21.4. The number of fused-ring (bicyclic) bond motifs is 1. The molecule has 6 heteroatoms. The van der Waals surface area contributed by atoms with Crippen LogP contribution in [0.2, 0.25) is 5.15 Å². The van der Waals surface area contributed by atoms with E-state index in [1.54, 1.807) is 9.13 Å². The van der Waals surface area contributed by atoms with Gasteiger partial charge in [0, 0.05) is 0 Å². The van der Waals surface area contributed by atoms with E-state index in [1.807, 2.05) is 60.7 Å². The SMILES string of the molecule is O=c1n(Cc2ccccc2)c2ncnc(Cl)c2n1Cc1ccccc1. The van der Waals surface area contributed by atoms with Crippen LogP contribution in [-0.4, -0.2) is 19.1 Å². The van der Waals surface area contributed by atoms with Gasteiger partial charge in [-0.25, -0.2) is 14.8 Å². The Balaban J connectivity index is 1.88.